The van der Waals surface area contributed by atoms with E-state index in [2.05, 4.69) is 0 Å². The number of amides is 1. The molecule has 1 aliphatic heterocycles. The minimum Gasteiger partial charge on any atom is -0.494 e. The molecule has 5 heteroatoms. The van der Waals surface area contributed by atoms with Gasteiger partial charge < -0.3 is 14.7 Å². The van der Waals surface area contributed by atoms with E-state index in [9.17, 15) is 9.90 Å². The summed E-state index contributed by atoms with van der Waals surface area (Å²) in [6, 6.07) is 7.81. The van der Waals surface area contributed by atoms with Gasteiger partial charge in [-0.3, -0.25) is 4.79 Å². The van der Waals surface area contributed by atoms with Crippen LogP contribution < -0.4 is 4.74 Å². The maximum absolute atomic E-state index is 12.3. The average molecular weight is 309 g/mol. The van der Waals surface area contributed by atoms with E-state index < -0.39 is 0 Å². The summed E-state index contributed by atoms with van der Waals surface area (Å²) in [5, 5.41) is 9.36. The molecule has 1 aromatic carbocycles. The zero-order chi connectivity index (χ0) is 15.1. The van der Waals surface area contributed by atoms with Crippen LogP contribution >= 0.6 is 11.8 Å². The van der Waals surface area contributed by atoms with Gasteiger partial charge in [-0.15, -0.1) is 11.8 Å². The number of carbonyl (C=O) groups is 1. The van der Waals surface area contributed by atoms with Gasteiger partial charge in [-0.05, 0) is 50.5 Å². The van der Waals surface area contributed by atoms with E-state index in [4.69, 9.17) is 4.74 Å². The monoisotopic (exact) mass is 309 g/mol. The first-order chi connectivity index (χ1) is 10.2. The predicted octanol–water partition coefficient (Wildman–Crippen LogP) is 2.55. The number of hydrogen-bond acceptors (Lipinski definition) is 4. The normalized spacial score (nSPS) is 18.6. The molecule has 1 fully saturated rings. The molecule has 116 valence electrons. The molecule has 0 aliphatic carbocycles. The van der Waals surface area contributed by atoms with Crippen LogP contribution in [-0.2, 0) is 4.79 Å². The van der Waals surface area contributed by atoms with Crippen molar-refractivity contribution in [2.24, 2.45) is 0 Å². The van der Waals surface area contributed by atoms with E-state index in [0.29, 0.717) is 12.4 Å². The van der Waals surface area contributed by atoms with Gasteiger partial charge in [0.1, 0.15) is 5.75 Å². The molecule has 1 amide bonds. The Hall–Kier alpha value is -1.20. The Morgan fingerprint density at radius 1 is 1.38 bits per heavy atom. The first-order valence-corrected chi connectivity index (χ1v) is 8.49. The summed E-state index contributed by atoms with van der Waals surface area (Å²) in [5.41, 5.74) is 0. The molecule has 0 saturated carbocycles. The summed E-state index contributed by atoms with van der Waals surface area (Å²) in [4.78, 5) is 15.2. The van der Waals surface area contributed by atoms with Crippen molar-refractivity contribution in [3.8, 4) is 5.75 Å². The van der Waals surface area contributed by atoms with Crippen molar-refractivity contribution in [2.45, 2.75) is 37.1 Å². The lowest BCUT2D eigenvalue weighted by Gasteiger charge is -2.34. The van der Waals surface area contributed by atoms with Crippen molar-refractivity contribution in [3.63, 3.8) is 0 Å². The standard InChI is InChI=1S/C16H23NO3S/c1-2-20-14-6-8-15(9-7-14)21-12-16(19)17-10-4-3-5-13(17)11-18/h6-9,13,18H,2-5,10-12H2,1H3. The number of benzene rings is 1. The van der Waals surface area contributed by atoms with E-state index in [0.717, 1.165) is 36.5 Å². The second-order valence-corrected chi connectivity index (χ2v) is 6.16. The molecule has 1 unspecified atom stereocenters. The smallest absolute Gasteiger partial charge is 0.233 e. The molecule has 0 aromatic heterocycles. The SMILES string of the molecule is CCOc1ccc(SCC(=O)N2CCCCC2CO)cc1. The highest BCUT2D eigenvalue weighted by atomic mass is 32.2. The molecule has 1 aromatic rings. The molecule has 1 heterocycles. The lowest BCUT2D eigenvalue weighted by Crippen LogP contribution is -2.46. The zero-order valence-electron chi connectivity index (χ0n) is 12.5. The van der Waals surface area contributed by atoms with Crippen molar-refractivity contribution >= 4 is 17.7 Å². The van der Waals surface area contributed by atoms with Crippen LogP contribution in [0.3, 0.4) is 0 Å². The minimum atomic E-state index is 0.00665. The van der Waals surface area contributed by atoms with Crippen LogP contribution in [0.1, 0.15) is 26.2 Å². The Labute approximate surface area is 130 Å². The third-order valence-electron chi connectivity index (χ3n) is 3.66. The van der Waals surface area contributed by atoms with Crippen LogP contribution in [0, 0.1) is 0 Å². The van der Waals surface area contributed by atoms with E-state index >= 15 is 0 Å². The highest BCUT2D eigenvalue weighted by Crippen LogP contribution is 2.23. The van der Waals surface area contributed by atoms with E-state index in [1.807, 2.05) is 36.1 Å². The van der Waals surface area contributed by atoms with Gasteiger partial charge in [0.05, 0.1) is 25.0 Å². The molecule has 21 heavy (non-hydrogen) atoms. The molecule has 1 N–H and O–H groups in total. The Morgan fingerprint density at radius 3 is 2.81 bits per heavy atom. The zero-order valence-corrected chi connectivity index (χ0v) is 13.3. The number of hydrogen-bond donors (Lipinski definition) is 1. The molecule has 2 rings (SSSR count). The van der Waals surface area contributed by atoms with Crippen LogP contribution in [0.25, 0.3) is 0 Å². The van der Waals surface area contributed by atoms with E-state index in [-0.39, 0.29) is 18.6 Å². The maximum Gasteiger partial charge on any atom is 0.233 e. The fourth-order valence-corrected chi connectivity index (χ4v) is 3.33. The summed E-state index contributed by atoms with van der Waals surface area (Å²) in [6.45, 7) is 3.45. The lowest BCUT2D eigenvalue weighted by molar-refractivity contribution is -0.132. The largest absolute Gasteiger partial charge is 0.494 e. The van der Waals surface area contributed by atoms with Crippen LogP contribution in [0.5, 0.6) is 5.75 Å². The molecular weight excluding hydrogens is 286 g/mol. The van der Waals surface area contributed by atoms with E-state index in [1.165, 1.54) is 11.8 Å². The molecule has 1 aliphatic rings. The van der Waals surface area contributed by atoms with Gasteiger partial charge >= 0.3 is 0 Å². The summed E-state index contributed by atoms with van der Waals surface area (Å²) < 4.78 is 5.40. The van der Waals surface area contributed by atoms with Crippen molar-refractivity contribution in [2.75, 3.05) is 25.5 Å². The maximum atomic E-state index is 12.3. The first kappa shape index (κ1) is 16.2. The third-order valence-corrected chi connectivity index (χ3v) is 4.65. The summed E-state index contributed by atoms with van der Waals surface area (Å²) in [7, 11) is 0. The third kappa shape index (κ3) is 4.64. The summed E-state index contributed by atoms with van der Waals surface area (Å²) >= 11 is 1.53. The number of ether oxygens (including phenoxy) is 1. The molecule has 4 nitrogen and oxygen atoms in total. The van der Waals surface area contributed by atoms with Gasteiger partial charge in [0.15, 0.2) is 0 Å². The Bertz CT molecular complexity index is 449. The van der Waals surface area contributed by atoms with Crippen LogP contribution in [0.2, 0.25) is 0 Å². The van der Waals surface area contributed by atoms with Crippen molar-refractivity contribution in [1.29, 1.82) is 0 Å². The van der Waals surface area contributed by atoms with Gasteiger partial charge in [0.25, 0.3) is 0 Å². The number of aliphatic hydroxyl groups excluding tert-OH is 1. The first-order valence-electron chi connectivity index (χ1n) is 7.50. The lowest BCUT2D eigenvalue weighted by atomic mass is 10.0. The molecular formula is C16H23NO3S. The highest BCUT2D eigenvalue weighted by molar-refractivity contribution is 8.00. The molecule has 0 spiro atoms. The fourth-order valence-electron chi connectivity index (χ4n) is 2.55. The van der Waals surface area contributed by atoms with Crippen molar-refractivity contribution in [3.05, 3.63) is 24.3 Å². The quantitative estimate of drug-likeness (QED) is 0.821. The van der Waals surface area contributed by atoms with Gasteiger partial charge in [0.2, 0.25) is 5.91 Å². The minimum absolute atomic E-state index is 0.00665. The molecule has 1 atom stereocenters. The predicted molar refractivity (Wildman–Crippen MR) is 84.8 cm³/mol. The Balaban J connectivity index is 1.85. The number of nitrogens with zero attached hydrogens (tertiary/aromatic N) is 1. The molecule has 1 saturated heterocycles. The second-order valence-electron chi connectivity index (χ2n) is 5.11. The molecule has 0 radical (unpaired) electrons. The van der Waals surface area contributed by atoms with Crippen molar-refractivity contribution < 1.29 is 14.6 Å². The Kier molecular flexibility index (Phi) is 6.39. The molecule has 0 bridgehead atoms. The second kappa shape index (κ2) is 8.29. The topological polar surface area (TPSA) is 49.8 Å². The van der Waals surface area contributed by atoms with Crippen LogP contribution in [0.15, 0.2) is 29.2 Å². The fraction of sp³-hybridized carbons (Fsp3) is 0.562. The number of piperidine rings is 1. The van der Waals surface area contributed by atoms with Crippen molar-refractivity contribution in [1.82, 2.24) is 4.90 Å². The number of thioether (sulfide) groups is 1. The van der Waals surface area contributed by atoms with Gasteiger partial charge in [-0.2, -0.15) is 0 Å². The van der Waals surface area contributed by atoms with Gasteiger partial charge in [-0.25, -0.2) is 0 Å². The van der Waals surface area contributed by atoms with Crippen LogP contribution in [0.4, 0.5) is 0 Å². The average Bonchev–Trinajstić information content (AvgIpc) is 2.54. The van der Waals surface area contributed by atoms with Gasteiger partial charge in [0, 0.05) is 11.4 Å². The van der Waals surface area contributed by atoms with E-state index in [1.54, 1.807) is 0 Å². The van der Waals surface area contributed by atoms with Crippen LogP contribution in [-0.4, -0.2) is 47.5 Å². The number of aliphatic hydroxyl groups is 1. The number of carbonyl (C=O) groups excluding carboxylic acids is 1. The van der Waals surface area contributed by atoms with Gasteiger partial charge in [-0.1, -0.05) is 0 Å². The number of likely N-dealkylation sites (tertiary alicyclic amines) is 1. The highest BCUT2D eigenvalue weighted by Gasteiger charge is 2.25. The number of rotatable bonds is 6. The summed E-state index contributed by atoms with van der Waals surface area (Å²) in [6.07, 6.45) is 3.05. The Morgan fingerprint density at radius 2 is 2.14 bits per heavy atom. The summed E-state index contributed by atoms with van der Waals surface area (Å²) in [5.74, 6) is 1.39.